The first kappa shape index (κ1) is 17.7. The number of hydrogen-bond donors (Lipinski definition) is 1. The number of pyridine rings is 1. The Hall–Kier alpha value is -2.69. The summed E-state index contributed by atoms with van der Waals surface area (Å²) in [5.74, 6) is -0.501. The summed E-state index contributed by atoms with van der Waals surface area (Å²) in [7, 11) is 0. The predicted molar refractivity (Wildman–Crippen MR) is 91.5 cm³/mol. The highest BCUT2D eigenvalue weighted by Gasteiger charge is 2.16. The number of amides is 1. The van der Waals surface area contributed by atoms with Crippen LogP contribution in [-0.2, 0) is 16.0 Å². The molecule has 0 aliphatic carbocycles. The molecular formula is C19H22N2O3. The summed E-state index contributed by atoms with van der Waals surface area (Å²) >= 11 is 0. The number of aromatic nitrogens is 1. The van der Waals surface area contributed by atoms with Crippen molar-refractivity contribution in [1.82, 2.24) is 10.3 Å². The lowest BCUT2D eigenvalue weighted by Gasteiger charge is -2.18. The molecule has 0 saturated heterocycles. The maximum atomic E-state index is 11.8. The van der Waals surface area contributed by atoms with Crippen LogP contribution >= 0.6 is 0 Å². The largest absolute Gasteiger partial charge is 0.462 e. The molecule has 5 nitrogen and oxygen atoms in total. The third-order valence-electron chi connectivity index (χ3n) is 3.48. The van der Waals surface area contributed by atoms with Gasteiger partial charge in [0.2, 0.25) is 5.91 Å². The lowest BCUT2D eigenvalue weighted by molar-refractivity contribution is -0.119. The Balaban J connectivity index is 2.14. The van der Waals surface area contributed by atoms with Crippen molar-refractivity contribution in [2.45, 2.75) is 32.7 Å². The zero-order valence-electron chi connectivity index (χ0n) is 14.0. The Morgan fingerprint density at radius 3 is 2.50 bits per heavy atom. The van der Waals surface area contributed by atoms with E-state index >= 15 is 0 Å². The van der Waals surface area contributed by atoms with E-state index in [9.17, 15) is 9.59 Å². The zero-order chi connectivity index (χ0) is 17.4. The van der Waals surface area contributed by atoms with Gasteiger partial charge in [-0.1, -0.05) is 37.3 Å². The molecule has 0 radical (unpaired) electrons. The first-order chi connectivity index (χ1) is 11.6. The average molecular weight is 326 g/mol. The van der Waals surface area contributed by atoms with Gasteiger partial charge in [0, 0.05) is 13.1 Å². The first-order valence-electron chi connectivity index (χ1n) is 8.04. The molecule has 126 valence electrons. The standard InChI is InChI=1S/C19H22N2O3/c1-3-11-24-19(23)16-9-10-17(20-13-16)18(21-14(2)22)12-15-7-5-4-6-8-15/h4-10,13,18H,3,11-12H2,1-2H3,(H,21,22). The molecule has 0 fully saturated rings. The smallest absolute Gasteiger partial charge is 0.339 e. The van der Waals surface area contributed by atoms with Crippen LogP contribution in [0.25, 0.3) is 0 Å². The van der Waals surface area contributed by atoms with E-state index in [0.717, 1.165) is 12.0 Å². The highest BCUT2D eigenvalue weighted by molar-refractivity contribution is 5.89. The summed E-state index contributed by atoms with van der Waals surface area (Å²) in [6, 6.07) is 13.1. The van der Waals surface area contributed by atoms with Crippen molar-refractivity contribution in [3.8, 4) is 0 Å². The topological polar surface area (TPSA) is 68.3 Å². The van der Waals surface area contributed by atoms with Crippen LogP contribution in [0.1, 0.15) is 47.9 Å². The lowest BCUT2D eigenvalue weighted by atomic mass is 10.0. The van der Waals surface area contributed by atoms with Gasteiger partial charge in [0.15, 0.2) is 0 Å². The number of rotatable bonds is 7. The van der Waals surface area contributed by atoms with Crippen LogP contribution in [0.4, 0.5) is 0 Å². The van der Waals surface area contributed by atoms with Crippen LogP contribution < -0.4 is 5.32 Å². The molecule has 0 saturated carbocycles. The molecular weight excluding hydrogens is 304 g/mol. The van der Waals surface area contributed by atoms with Crippen LogP contribution in [0.15, 0.2) is 48.7 Å². The number of carbonyl (C=O) groups is 2. The maximum absolute atomic E-state index is 11.8. The van der Waals surface area contributed by atoms with Crippen LogP contribution in [0.2, 0.25) is 0 Å². The lowest BCUT2D eigenvalue weighted by Crippen LogP contribution is -2.28. The quantitative estimate of drug-likeness (QED) is 0.794. The number of hydrogen-bond acceptors (Lipinski definition) is 4. The Kier molecular flexibility index (Phi) is 6.49. The van der Waals surface area contributed by atoms with Crippen molar-refractivity contribution in [2.75, 3.05) is 6.61 Å². The summed E-state index contributed by atoms with van der Waals surface area (Å²) in [5, 5.41) is 2.91. The number of nitrogens with one attached hydrogen (secondary N) is 1. The van der Waals surface area contributed by atoms with Gasteiger partial charge in [-0.25, -0.2) is 4.79 Å². The second kappa shape index (κ2) is 8.82. The van der Waals surface area contributed by atoms with E-state index in [1.807, 2.05) is 37.3 Å². The Labute approximate surface area is 142 Å². The summed E-state index contributed by atoms with van der Waals surface area (Å²) in [6.45, 7) is 3.81. The molecule has 1 aromatic carbocycles. The van der Waals surface area contributed by atoms with Crippen LogP contribution in [-0.4, -0.2) is 23.5 Å². The minimum atomic E-state index is -0.380. The van der Waals surface area contributed by atoms with E-state index in [-0.39, 0.29) is 17.9 Å². The highest BCUT2D eigenvalue weighted by Crippen LogP contribution is 2.17. The van der Waals surface area contributed by atoms with Gasteiger partial charge in [-0.2, -0.15) is 0 Å². The van der Waals surface area contributed by atoms with Gasteiger partial charge in [-0.05, 0) is 30.5 Å². The summed E-state index contributed by atoms with van der Waals surface area (Å²) in [5.41, 5.74) is 2.22. The van der Waals surface area contributed by atoms with Crippen molar-refractivity contribution >= 4 is 11.9 Å². The average Bonchev–Trinajstić information content (AvgIpc) is 2.60. The van der Waals surface area contributed by atoms with Gasteiger partial charge in [0.25, 0.3) is 0 Å². The van der Waals surface area contributed by atoms with E-state index < -0.39 is 0 Å². The van der Waals surface area contributed by atoms with Crippen molar-refractivity contribution in [3.05, 3.63) is 65.5 Å². The van der Waals surface area contributed by atoms with Gasteiger partial charge >= 0.3 is 5.97 Å². The van der Waals surface area contributed by atoms with Gasteiger partial charge in [0.05, 0.1) is 23.9 Å². The predicted octanol–water partition coefficient (Wildman–Crippen LogP) is 3.07. The third kappa shape index (κ3) is 5.19. The normalized spacial score (nSPS) is 11.6. The molecule has 0 spiro atoms. The molecule has 1 N–H and O–H groups in total. The fourth-order valence-corrected chi connectivity index (χ4v) is 2.33. The minimum Gasteiger partial charge on any atom is -0.462 e. The molecule has 1 unspecified atom stereocenters. The fraction of sp³-hybridized carbons (Fsp3) is 0.316. The van der Waals surface area contributed by atoms with Crippen LogP contribution in [0.3, 0.4) is 0 Å². The number of ether oxygens (including phenoxy) is 1. The number of carbonyl (C=O) groups excluding carboxylic acids is 2. The molecule has 0 aliphatic heterocycles. The van der Waals surface area contributed by atoms with E-state index in [0.29, 0.717) is 24.3 Å². The Morgan fingerprint density at radius 1 is 1.17 bits per heavy atom. The van der Waals surface area contributed by atoms with Crippen molar-refractivity contribution in [1.29, 1.82) is 0 Å². The molecule has 1 heterocycles. The van der Waals surface area contributed by atoms with Gasteiger partial charge in [-0.15, -0.1) is 0 Å². The molecule has 1 aromatic heterocycles. The number of nitrogens with zero attached hydrogens (tertiary/aromatic N) is 1. The molecule has 1 amide bonds. The third-order valence-corrected chi connectivity index (χ3v) is 3.48. The molecule has 5 heteroatoms. The van der Waals surface area contributed by atoms with Gasteiger partial charge < -0.3 is 10.1 Å². The minimum absolute atomic E-state index is 0.121. The number of benzene rings is 1. The molecule has 2 aromatic rings. The highest BCUT2D eigenvalue weighted by atomic mass is 16.5. The van der Waals surface area contributed by atoms with E-state index in [4.69, 9.17) is 4.74 Å². The van der Waals surface area contributed by atoms with Crippen molar-refractivity contribution in [3.63, 3.8) is 0 Å². The summed E-state index contributed by atoms with van der Waals surface area (Å²) in [4.78, 5) is 27.7. The maximum Gasteiger partial charge on any atom is 0.339 e. The molecule has 0 aliphatic rings. The van der Waals surface area contributed by atoms with E-state index in [1.54, 1.807) is 12.1 Å². The molecule has 24 heavy (non-hydrogen) atoms. The summed E-state index contributed by atoms with van der Waals surface area (Å²) in [6.07, 6.45) is 2.90. The van der Waals surface area contributed by atoms with E-state index in [2.05, 4.69) is 10.3 Å². The van der Waals surface area contributed by atoms with Crippen LogP contribution in [0.5, 0.6) is 0 Å². The Morgan fingerprint density at radius 2 is 1.92 bits per heavy atom. The fourth-order valence-electron chi connectivity index (χ4n) is 2.33. The van der Waals surface area contributed by atoms with Crippen molar-refractivity contribution in [2.24, 2.45) is 0 Å². The SMILES string of the molecule is CCCOC(=O)c1ccc(C(Cc2ccccc2)NC(C)=O)nc1. The summed E-state index contributed by atoms with van der Waals surface area (Å²) < 4.78 is 5.09. The second-order valence-electron chi connectivity index (χ2n) is 5.55. The van der Waals surface area contributed by atoms with E-state index in [1.165, 1.54) is 13.1 Å². The molecule has 2 rings (SSSR count). The van der Waals surface area contributed by atoms with Gasteiger partial charge in [-0.3, -0.25) is 9.78 Å². The first-order valence-corrected chi connectivity index (χ1v) is 8.04. The second-order valence-corrected chi connectivity index (χ2v) is 5.55. The molecule has 0 bridgehead atoms. The van der Waals surface area contributed by atoms with Crippen molar-refractivity contribution < 1.29 is 14.3 Å². The Bertz CT molecular complexity index is 669. The zero-order valence-corrected chi connectivity index (χ0v) is 14.0. The van der Waals surface area contributed by atoms with Crippen LogP contribution in [0, 0.1) is 0 Å². The molecule has 1 atom stereocenters. The monoisotopic (exact) mass is 326 g/mol. The van der Waals surface area contributed by atoms with Gasteiger partial charge in [0.1, 0.15) is 0 Å². The number of esters is 1.